The van der Waals surface area contributed by atoms with Crippen LogP contribution in [0.5, 0.6) is 23.0 Å². The van der Waals surface area contributed by atoms with E-state index in [0.717, 1.165) is 0 Å². The third kappa shape index (κ3) is 8.44. The molecule has 2 aromatic rings. The first-order valence-electron chi connectivity index (χ1n) is 10.3. The summed E-state index contributed by atoms with van der Waals surface area (Å²) in [6.07, 6.45) is 5.59. The van der Waals surface area contributed by atoms with Gasteiger partial charge >= 0.3 is 0 Å². The Labute approximate surface area is 192 Å². The highest BCUT2D eigenvalue weighted by atomic mass is 16.5. The van der Waals surface area contributed by atoms with Gasteiger partial charge in [0, 0.05) is 0 Å². The summed E-state index contributed by atoms with van der Waals surface area (Å²) in [5.41, 5.74) is 1.41. The van der Waals surface area contributed by atoms with Gasteiger partial charge in [0.25, 0.3) is 0 Å². The maximum atomic E-state index is 12.2. The molecule has 0 bridgehead atoms. The van der Waals surface area contributed by atoms with Gasteiger partial charge in [0.1, 0.15) is 13.2 Å². The van der Waals surface area contributed by atoms with Crippen LogP contribution in [0.25, 0.3) is 12.2 Å². The number of aliphatic hydroxyl groups is 2. The van der Waals surface area contributed by atoms with Gasteiger partial charge in [-0.3, -0.25) is 9.59 Å². The molecule has 2 N–H and O–H groups in total. The smallest absolute Gasteiger partial charge is 0.163 e. The molecule has 33 heavy (non-hydrogen) atoms. The molecular weight excluding hydrogens is 428 g/mol. The van der Waals surface area contributed by atoms with E-state index in [0.29, 0.717) is 34.1 Å². The lowest BCUT2D eigenvalue weighted by Crippen LogP contribution is -2.03. The minimum atomic E-state index is -0.338. The third-order valence-electron chi connectivity index (χ3n) is 4.34. The van der Waals surface area contributed by atoms with Crippen molar-refractivity contribution in [3.63, 3.8) is 0 Å². The number of carbonyl (C=O) groups excluding carboxylic acids is 2. The lowest BCUT2D eigenvalue weighted by atomic mass is 10.1. The average molecular weight is 456 g/mol. The van der Waals surface area contributed by atoms with E-state index in [4.69, 9.17) is 29.2 Å². The van der Waals surface area contributed by atoms with E-state index in [1.54, 1.807) is 48.6 Å². The van der Waals surface area contributed by atoms with Crippen molar-refractivity contribution in [2.75, 3.05) is 40.6 Å². The fourth-order valence-electron chi connectivity index (χ4n) is 2.79. The molecule has 0 unspecified atom stereocenters. The summed E-state index contributed by atoms with van der Waals surface area (Å²) < 4.78 is 21.2. The Morgan fingerprint density at radius 1 is 0.727 bits per heavy atom. The highest BCUT2D eigenvalue weighted by molar-refractivity contribution is 6.10. The van der Waals surface area contributed by atoms with Crippen LogP contribution in [0.1, 0.15) is 17.5 Å². The molecule has 8 heteroatoms. The van der Waals surface area contributed by atoms with Crippen LogP contribution in [0.3, 0.4) is 0 Å². The monoisotopic (exact) mass is 456 g/mol. The average Bonchev–Trinajstić information content (AvgIpc) is 2.83. The minimum Gasteiger partial charge on any atom is -0.493 e. The molecule has 2 rings (SSSR count). The molecule has 0 radical (unpaired) electrons. The number of hydrogen-bond donors (Lipinski definition) is 2. The number of ketones is 2. The van der Waals surface area contributed by atoms with Gasteiger partial charge in [0.05, 0.1) is 33.9 Å². The zero-order valence-corrected chi connectivity index (χ0v) is 18.7. The predicted molar refractivity (Wildman–Crippen MR) is 124 cm³/mol. The molecule has 0 saturated carbocycles. The molecule has 0 fully saturated rings. The number of methoxy groups -OCH3 is 2. The van der Waals surface area contributed by atoms with E-state index < -0.39 is 0 Å². The van der Waals surface area contributed by atoms with E-state index in [2.05, 4.69) is 0 Å². The predicted octanol–water partition coefficient (Wildman–Crippen LogP) is 2.70. The molecule has 2 aromatic carbocycles. The van der Waals surface area contributed by atoms with Crippen molar-refractivity contribution in [3.05, 3.63) is 59.7 Å². The molecule has 176 valence electrons. The second-order valence-electron chi connectivity index (χ2n) is 6.74. The van der Waals surface area contributed by atoms with Crippen molar-refractivity contribution in [1.29, 1.82) is 0 Å². The molecule has 0 spiro atoms. The maximum Gasteiger partial charge on any atom is 0.163 e. The fraction of sp³-hybridized carbons (Fsp3) is 0.280. The van der Waals surface area contributed by atoms with Crippen LogP contribution in [0.2, 0.25) is 0 Å². The van der Waals surface area contributed by atoms with Crippen LogP contribution in [0.4, 0.5) is 0 Å². The highest BCUT2D eigenvalue weighted by Crippen LogP contribution is 2.29. The third-order valence-corrected chi connectivity index (χ3v) is 4.34. The molecular formula is C25H28O8. The first kappa shape index (κ1) is 25.6. The van der Waals surface area contributed by atoms with Gasteiger partial charge in [0.15, 0.2) is 34.6 Å². The SMILES string of the molecule is COc1cc(/C=C/C(=O)CC(=O)/C=C/c2ccc(OCCO)c(OC)c2)ccc1OCCO. The highest BCUT2D eigenvalue weighted by Gasteiger charge is 2.08. The number of allylic oxidation sites excluding steroid dienone is 2. The van der Waals surface area contributed by atoms with E-state index >= 15 is 0 Å². The first-order valence-corrected chi connectivity index (χ1v) is 10.3. The fourth-order valence-corrected chi connectivity index (χ4v) is 2.79. The summed E-state index contributed by atoms with van der Waals surface area (Å²) in [5, 5.41) is 17.7. The van der Waals surface area contributed by atoms with Crippen molar-refractivity contribution in [2.45, 2.75) is 6.42 Å². The van der Waals surface area contributed by atoms with Crippen LogP contribution >= 0.6 is 0 Å². The number of benzene rings is 2. The van der Waals surface area contributed by atoms with Crippen LogP contribution < -0.4 is 18.9 Å². The van der Waals surface area contributed by atoms with E-state index in [-0.39, 0.29) is 44.4 Å². The van der Waals surface area contributed by atoms with Crippen LogP contribution in [0.15, 0.2) is 48.6 Å². The van der Waals surface area contributed by atoms with Gasteiger partial charge in [-0.1, -0.05) is 24.3 Å². The van der Waals surface area contributed by atoms with E-state index in [1.807, 2.05) is 0 Å². The number of hydrogen-bond acceptors (Lipinski definition) is 8. The van der Waals surface area contributed by atoms with Crippen molar-refractivity contribution < 1.29 is 38.7 Å². The van der Waals surface area contributed by atoms with Gasteiger partial charge in [0.2, 0.25) is 0 Å². The lowest BCUT2D eigenvalue weighted by Gasteiger charge is -2.10. The van der Waals surface area contributed by atoms with Gasteiger partial charge in [-0.25, -0.2) is 0 Å². The summed E-state index contributed by atoms with van der Waals surface area (Å²) in [6, 6.07) is 10.2. The zero-order valence-electron chi connectivity index (χ0n) is 18.7. The second kappa shape index (κ2) is 13.7. The summed E-state index contributed by atoms with van der Waals surface area (Å²) in [7, 11) is 2.99. The zero-order chi connectivity index (χ0) is 24.1. The van der Waals surface area contributed by atoms with E-state index in [9.17, 15) is 9.59 Å². The lowest BCUT2D eigenvalue weighted by molar-refractivity contribution is -0.121. The number of aliphatic hydroxyl groups excluding tert-OH is 2. The molecule has 0 atom stereocenters. The standard InChI is InChI=1S/C25H28O8/c1-30-24-15-18(5-9-22(24)32-13-11-26)3-7-20(28)17-21(29)8-4-19-6-10-23(33-14-12-27)25(16-19)31-2/h3-10,15-16,26-27H,11-14,17H2,1-2H3/b7-3+,8-4+. The normalized spacial score (nSPS) is 11.0. The quantitative estimate of drug-likeness (QED) is 0.330. The summed E-state index contributed by atoms with van der Waals surface area (Å²) in [5.74, 6) is 1.24. The largest absolute Gasteiger partial charge is 0.493 e. The van der Waals surface area contributed by atoms with Crippen LogP contribution in [-0.2, 0) is 9.59 Å². The number of ether oxygens (including phenoxy) is 4. The van der Waals surface area contributed by atoms with Crippen molar-refractivity contribution in [2.24, 2.45) is 0 Å². The number of carbonyl (C=O) groups is 2. The molecule has 0 aliphatic heterocycles. The molecule has 0 saturated heterocycles. The van der Waals surface area contributed by atoms with Crippen LogP contribution in [-0.4, -0.2) is 62.4 Å². The molecule has 0 aliphatic carbocycles. The first-order chi connectivity index (χ1) is 16.0. The maximum absolute atomic E-state index is 12.2. The minimum absolute atomic E-state index is 0.111. The van der Waals surface area contributed by atoms with Crippen molar-refractivity contribution in [1.82, 2.24) is 0 Å². The Morgan fingerprint density at radius 3 is 1.52 bits per heavy atom. The summed E-state index contributed by atoms with van der Waals surface area (Å²) in [6.45, 7) is 0.0710. The molecule has 0 heterocycles. The molecule has 0 aromatic heterocycles. The Kier molecular flexibility index (Phi) is 10.7. The van der Waals surface area contributed by atoms with E-state index in [1.165, 1.54) is 26.4 Å². The summed E-state index contributed by atoms with van der Waals surface area (Å²) in [4.78, 5) is 24.3. The van der Waals surface area contributed by atoms with Crippen LogP contribution in [0, 0.1) is 0 Å². The Morgan fingerprint density at radius 2 is 1.15 bits per heavy atom. The Hall–Kier alpha value is -3.62. The molecule has 0 aliphatic rings. The second-order valence-corrected chi connectivity index (χ2v) is 6.74. The topological polar surface area (TPSA) is 112 Å². The molecule has 8 nitrogen and oxygen atoms in total. The van der Waals surface area contributed by atoms with Crippen molar-refractivity contribution >= 4 is 23.7 Å². The van der Waals surface area contributed by atoms with Gasteiger partial charge < -0.3 is 29.2 Å². The Bertz CT molecular complexity index is 914. The molecule has 0 amide bonds. The Balaban J connectivity index is 1.95. The van der Waals surface area contributed by atoms with Gasteiger partial charge in [-0.15, -0.1) is 0 Å². The van der Waals surface area contributed by atoms with Gasteiger partial charge in [-0.2, -0.15) is 0 Å². The number of rotatable bonds is 14. The van der Waals surface area contributed by atoms with Gasteiger partial charge in [-0.05, 0) is 47.5 Å². The van der Waals surface area contributed by atoms with Crippen molar-refractivity contribution in [3.8, 4) is 23.0 Å². The summed E-state index contributed by atoms with van der Waals surface area (Å²) >= 11 is 0.